The first-order chi connectivity index (χ1) is 14.2. The number of hydrogen-bond acceptors (Lipinski definition) is 6. The van der Waals surface area contributed by atoms with E-state index < -0.39 is 22.6 Å². The third-order valence-corrected chi connectivity index (χ3v) is 6.41. The second kappa shape index (κ2) is 7.56. The highest BCUT2D eigenvalue weighted by molar-refractivity contribution is 7.92. The van der Waals surface area contributed by atoms with E-state index in [1.165, 1.54) is 10.4 Å². The number of hydrogen-bond donors (Lipinski definition) is 1. The van der Waals surface area contributed by atoms with Gasteiger partial charge in [0.05, 0.1) is 17.5 Å². The normalized spacial score (nSPS) is 15.2. The summed E-state index contributed by atoms with van der Waals surface area (Å²) in [5.74, 6) is -1.04. The van der Waals surface area contributed by atoms with E-state index in [0.717, 1.165) is 17.4 Å². The van der Waals surface area contributed by atoms with Crippen LogP contribution < -0.4 is 9.62 Å². The molecule has 156 valence electrons. The summed E-state index contributed by atoms with van der Waals surface area (Å²) in [7, 11) is -3.36. The highest BCUT2D eigenvalue weighted by Gasteiger charge is 2.27. The zero-order valence-electron chi connectivity index (χ0n) is 16.3. The number of aryl methyl sites for hydroxylation is 1. The molecular formula is C21H20N2O6S. The summed E-state index contributed by atoms with van der Waals surface area (Å²) in [4.78, 5) is 36.2. The highest BCUT2D eigenvalue weighted by atomic mass is 32.2. The van der Waals surface area contributed by atoms with E-state index in [0.29, 0.717) is 42.7 Å². The fourth-order valence-electron chi connectivity index (χ4n) is 3.70. The van der Waals surface area contributed by atoms with Gasteiger partial charge in [0.25, 0.3) is 0 Å². The number of esters is 1. The summed E-state index contributed by atoms with van der Waals surface area (Å²) in [6, 6.07) is 9.66. The monoisotopic (exact) mass is 428 g/mol. The van der Waals surface area contributed by atoms with Gasteiger partial charge in [-0.1, -0.05) is 0 Å². The first kappa shape index (κ1) is 20.1. The summed E-state index contributed by atoms with van der Waals surface area (Å²) in [5, 5.41) is 2.75. The Balaban J connectivity index is 1.42. The lowest BCUT2D eigenvalue weighted by molar-refractivity contribution is -0.116. The number of carbonyl (C=O) groups is 3. The summed E-state index contributed by atoms with van der Waals surface area (Å²) in [6.07, 6.45) is 2.58. The number of ether oxygens (including phenoxy) is 1. The van der Waals surface area contributed by atoms with Crippen molar-refractivity contribution >= 4 is 39.1 Å². The van der Waals surface area contributed by atoms with Gasteiger partial charge in [-0.15, -0.1) is 0 Å². The number of anilines is 2. The predicted octanol–water partition coefficient (Wildman–Crippen LogP) is 1.93. The van der Waals surface area contributed by atoms with Crippen molar-refractivity contribution in [2.24, 2.45) is 0 Å². The fourth-order valence-corrected chi connectivity index (χ4v) is 4.66. The molecule has 0 aliphatic carbocycles. The molecule has 30 heavy (non-hydrogen) atoms. The quantitative estimate of drug-likeness (QED) is 0.576. The number of fused-ring (bicyclic) bond motifs is 2. The Morgan fingerprint density at radius 3 is 2.53 bits per heavy atom. The van der Waals surface area contributed by atoms with Crippen LogP contribution in [0.25, 0.3) is 0 Å². The van der Waals surface area contributed by atoms with E-state index in [9.17, 15) is 22.8 Å². The van der Waals surface area contributed by atoms with Crippen molar-refractivity contribution in [3.05, 3.63) is 58.7 Å². The molecule has 0 saturated carbocycles. The minimum Gasteiger partial charge on any atom is -0.454 e. The van der Waals surface area contributed by atoms with E-state index in [1.807, 2.05) is 0 Å². The molecule has 1 amide bonds. The van der Waals surface area contributed by atoms with Gasteiger partial charge in [0, 0.05) is 24.2 Å². The largest absolute Gasteiger partial charge is 0.454 e. The van der Waals surface area contributed by atoms with Crippen molar-refractivity contribution in [3.8, 4) is 0 Å². The van der Waals surface area contributed by atoms with Gasteiger partial charge in [-0.3, -0.25) is 13.9 Å². The average Bonchev–Trinajstić information content (AvgIpc) is 3.15. The van der Waals surface area contributed by atoms with Gasteiger partial charge in [0.2, 0.25) is 15.9 Å². The number of amides is 1. The molecule has 4 rings (SSSR count). The Bertz CT molecular complexity index is 1170. The highest BCUT2D eigenvalue weighted by Crippen LogP contribution is 2.31. The van der Waals surface area contributed by atoms with Gasteiger partial charge >= 0.3 is 5.97 Å². The first-order valence-electron chi connectivity index (χ1n) is 9.46. The lowest BCUT2D eigenvalue weighted by atomic mass is 9.99. The van der Waals surface area contributed by atoms with Gasteiger partial charge in [-0.2, -0.15) is 0 Å². The van der Waals surface area contributed by atoms with Crippen molar-refractivity contribution in [1.82, 2.24) is 0 Å². The molecule has 0 unspecified atom stereocenters. The van der Waals surface area contributed by atoms with Crippen LogP contribution in [0.2, 0.25) is 0 Å². The predicted molar refractivity (Wildman–Crippen MR) is 110 cm³/mol. The third-order valence-electron chi connectivity index (χ3n) is 5.23. The minimum atomic E-state index is -3.36. The Morgan fingerprint density at radius 2 is 1.77 bits per heavy atom. The number of nitrogens with one attached hydrogen (secondary N) is 1. The van der Waals surface area contributed by atoms with Gasteiger partial charge < -0.3 is 10.1 Å². The van der Waals surface area contributed by atoms with E-state index in [1.54, 1.807) is 30.3 Å². The zero-order valence-corrected chi connectivity index (χ0v) is 17.1. The van der Waals surface area contributed by atoms with E-state index in [-0.39, 0.29) is 17.3 Å². The molecule has 9 heteroatoms. The number of carbonyl (C=O) groups excluding carboxylic acids is 3. The van der Waals surface area contributed by atoms with Crippen molar-refractivity contribution in [2.45, 2.75) is 19.3 Å². The molecule has 0 fully saturated rings. The first-order valence-corrected chi connectivity index (χ1v) is 11.3. The van der Waals surface area contributed by atoms with Crippen LogP contribution in [0.3, 0.4) is 0 Å². The number of nitrogens with zero attached hydrogens (tertiary/aromatic N) is 1. The second-order valence-electron chi connectivity index (χ2n) is 7.35. The summed E-state index contributed by atoms with van der Waals surface area (Å²) >= 11 is 0. The topological polar surface area (TPSA) is 110 Å². The van der Waals surface area contributed by atoms with Crippen LogP contribution in [0.1, 0.15) is 38.3 Å². The molecule has 2 aliphatic heterocycles. The molecule has 8 nitrogen and oxygen atoms in total. The van der Waals surface area contributed by atoms with Crippen LogP contribution >= 0.6 is 0 Å². The molecule has 0 atom stereocenters. The Labute approximate surface area is 173 Å². The second-order valence-corrected chi connectivity index (χ2v) is 9.25. The van der Waals surface area contributed by atoms with E-state index in [4.69, 9.17) is 4.74 Å². The van der Waals surface area contributed by atoms with Crippen molar-refractivity contribution in [2.75, 3.05) is 29.0 Å². The van der Waals surface area contributed by atoms with Crippen LogP contribution in [-0.4, -0.2) is 45.5 Å². The molecule has 0 bridgehead atoms. The van der Waals surface area contributed by atoms with Gasteiger partial charge in [0.15, 0.2) is 12.4 Å². The molecule has 1 N–H and O–H groups in total. The Hall–Kier alpha value is -3.20. The molecule has 2 aromatic carbocycles. The summed E-state index contributed by atoms with van der Waals surface area (Å²) in [6.45, 7) is -0.0690. The summed E-state index contributed by atoms with van der Waals surface area (Å²) in [5.41, 5.74) is 3.56. The standard InChI is InChI=1S/C21H20N2O6S/c1-30(27,28)23-9-8-14-11-16(3-6-18(14)23)21(26)29-12-19(24)15-2-5-17-13(10-15)4-7-20(25)22-17/h2-3,5-6,10-11H,4,7-9,12H2,1H3,(H,22,25). The van der Waals surface area contributed by atoms with Crippen molar-refractivity contribution < 1.29 is 27.5 Å². The molecule has 0 radical (unpaired) electrons. The SMILES string of the molecule is CS(=O)(=O)N1CCc2cc(C(=O)OCC(=O)c3ccc4c(c3)CCC(=O)N4)ccc21. The molecule has 0 spiro atoms. The number of rotatable bonds is 5. The van der Waals surface area contributed by atoms with Crippen LogP contribution in [0.4, 0.5) is 11.4 Å². The van der Waals surface area contributed by atoms with Gasteiger partial charge in [-0.05, 0) is 60.4 Å². The number of sulfonamides is 1. The number of Topliss-reactive ketones (excluding diaryl/α,β-unsaturated/α-hetero) is 1. The Morgan fingerprint density at radius 1 is 1.03 bits per heavy atom. The lowest BCUT2D eigenvalue weighted by Crippen LogP contribution is -2.27. The van der Waals surface area contributed by atoms with Crippen LogP contribution in [-0.2, 0) is 32.4 Å². The molecular weight excluding hydrogens is 408 g/mol. The average molecular weight is 428 g/mol. The molecule has 2 heterocycles. The smallest absolute Gasteiger partial charge is 0.338 e. The molecule has 2 aliphatic rings. The van der Waals surface area contributed by atoms with Gasteiger partial charge in [0.1, 0.15) is 0 Å². The number of benzene rings is 2. The zero-order chi connectivity index (χ0) is 21.5. The maximum Gasteiger partial charge on any atom is 0.338 e. The lowest BCUT2D eigenvalue weighted by Gasteiger charge is -2.17. The van der Waals surface area contributed by atoms with E-state index >= 15 is 0 Å². The van der Waals surface area contributed by atoms with Crippen molar-refractivity contribution in [3.63, 3.8) is 0 Å². The van der Waals surface area contributed by atoms with Crippen LogP contribution in [0.5, 0.6) is 0 Å². The van der Waals surface area contributed by atoms with Crippen LogP contribution in [0, 0.1) is 0 Å². The molecule has 0 saturated heterocycles. The fraction of sp³-hybridized carbons (Fsp3) is 0.286. The third kappa shape index (κ3) is 3.93. The maximum atomic E-state index is 12.4. The summed E-state index contributed by atoms with van der Waals surface area (Å²) < 4.78 is 30.1. The van der Waals surface area contributed by atoms with Gasteiger partial charge in [-0.25, -0.2) is 13.2 Å². The number of ketones is 1. The Kier molecular flexibility index (Phi) is 5.07. The van der Waals surface area contributed by atoms with E-state index in [2.05, 4.69) is 5.32 Å². The van der Waals surface area contributed by atoms with Crippen LogP contribution in [0.15, 0.2) is 36.4 Å². The minimum absolute atomic E-state index is 0.0514. The molecule has 2 aromatic rings. The van der Waals surface area contributed by atoms with Crippen molar-refractivity contribution in [1.29, 1.82) is 0 Å². The maximum absolute atomic E-state index is 12.4. The molecule has 0 aromatic heterocycles.